The van der Waals surface area contributed by atoms with Crippen LogP contribution in [0.3, 0.4) is 0 Å². The van der Waals surface area contributed by atoms with Gasteiger partial charge in [0.2, 0.25) is 5.95 Å². The van der Waals surface area contributed by atoms with Crippen LogP contribution in [-0.4, -0.2) is 19.5 Å². The molecule has 50 heavy (non-hydrogen) atoms. The maximum absolute atomic E-state index is 6.51. The van der Waals surface area contributed by atoms with E-state index in [0.717, 1.165) is 77.1 Å². The van der Waals surface area contributed by atoms with E-state index < -0.39 is 0 Å². The molecule has 0 fully saturated rings. The number of rotatable bonds is 5. The molecule has 0 amide bonds. The Hall–Kier alpha value is -6.85. The summed E-state index contributed by atoms with van der Waals surface area (Å²) < 4.78 is 8.69. The van der Waals surface area contributed by atoms with Crippen molar-refractivity contribution in [1.82, 2.24) is 19.5 Å². The number of para-hydroxylation sites is 1. The summed E-state index contributed by atoms with van der Waals surface area (Å²) in [6.07, 6.45) is 0. The molecule has 0 saturated carbocycles. The molecule has 5 nitrogen and oxygen atoms in total. The van der Waals surface area contributed by atoms with E-state index in [1.165, 1.54) is 0 Å². The van der Waals surface area contributed by atoms with Crippen LogP contribution in [0, 0.1) is 0 Å². The molecule has 0 bridgehead atoms. The lowest BCUT2D eigenvalue weighted by Crippen LogP contribution is -2.06. The number of hydrogen-bond donors (Lipinski definition) is 0. The Morgan fingerprint density at radius 2 is 0.900 bits per heavy atom. The molecule has 10 aromatic rings. The van der Waals surface area contributed by atoms with Gasteiger partial charge in [0, 0.05) is 27.3 Å². The SMILES string of the molecule is c1ccc(-c2ccc(-c3nc(-c4ccccc4)nc(-n4c5ccccc5c5ccc6oc7ccc(-c8ccccc8)cc7c6c54)n3)cc2)cc1. The van der Waals surface area contributed by atoms with Crippen LogP contribution in [-0.2, 0) is 0 Å². The summed E-state index contributed by atoms with van der Waals surface area (Å²) in [6.45, 7) is 0. The van der Waals surface area contributed by atoms with Gasteiger partial charge >= 0.3 is 0 Å². The van der Waals surface area contributed by atoms with Crippen molar-refractivity contribution in [1.29, 1.82) is 0 Å². The highest BCUT2D eigenvalue weighted by Crippen LogP contribution is 2.41. The molecule has 3 aromatic heterocycles. The highest BCUT2D eigenvalue weighted by molar-refractivity contribution is 6.24. The van der Waals surface area contributed by atoms with Crippen LogP contribution >= 0.6 is 0 Å². The van der Waals surface area contributed by atoms with Crippen LogP contribution in [0.2, 0.25) is 0 Å². The smallest absolute Gasteiger partial charge is 0.238 e. The zero-order valence-electron chi connectivity index (χ0n) is 26.9. The Morgan fingerprint density at radius 1 is 0.380 bits per heavy atom. The molecule has 0 aliphatic carbocycles. The lowest BCUT2D eigenvalue weighted by molar-refractivity contribution is 0.669. The Balaban J connectivity index is 1.26. The Bertz CT molecular complexity index is 2840. The van der Waals surface area contributed by atoms with E-state index in [-0.39, 0.29) is 0 Å². The summed E-state index contributed by atoms with van der Waals surface area (Å²) >= 11 is 0. The van der Waals surface area contributed by atoms with Gasteiger partial charge in [-0.1, -0.05) is 140 Å². The van der Waals surface area contributed by atoms with E-state index in [9.17, 15) is 0 Å². The van der Waals surface area contributed by atoms with E-state index in [4.69, 9.17) is 19.4 Å². The number of fused-ring (bicyclic) bond motifs is 7. The molecule has 0 radical (unpaired) electrons. The minimum atomic E-state index is 0.549. The molecule has 3 heterocycles. The van der Waals surface area contributed by atoms with E-state index in [0.29, 0.717) is 17.6 Å². The largest absolute Gasteiger partial charge is 0.456 e. The fourth-order valence-electron chi connectivity index (χ4n) is 7.09. The summed E-state index contributed by atoms with van der Waals surface area (Å²) in [5.41, 5.74) is 10.1. The Morgan fingerprint density at radius 3 is 1.60 bits per heavy atom. The van der Waals surface area contributed by atoms with E-state index in [2.05, 4.69) is 132 Å². The number of furan rings is 1. The van der Waals surface area contributed by atoms with Crippen molar-refractivity contribution in [3.8, 4) is 51.0 Å². The quantitative estimate of drug-likeness (QED) is 0.188. The van der Waals surface area contributed by atoms with Crippen molar-refractivity contribution in [2.24, 2.45) is 0 Å². The molecule has 0 atom stereocenters. The van der Waals surface area contributed by atoms with Crippen LogP contribution in [0.5, 0.6) is 0 Å². The number of benzene rings is 7. The third-order valence-electron chi connectivity index (χ3n) is 9.48. The van der Waals surface area contributed by atoms with E-state index in [1.54, 1.807) is 0 Å². The zero-order valence-corrected chi connectivity index (χ0v) is 26.9. The van der Waals surface area contributed by atoms with Gasteiger partial charge in [0.1, 0.15) is 11.2 Å². The third-order valence-corrected chi connectivity index (χ3v) is 9.48. The van der Waals surface area contributed by atoms with Crippen molar-refractivity contribution in [3.05, 3.63) is 170 Å². The van der Waals surface area contributed by atoms with Crippen LogP contribution in [0.1, 0.15) is 0 Å². The maximum atomic E-state index is 6.51. The van der Waals surface area contributed by atoms with Crippen molar-refractivity contribution in [2.45, 2.75) is 0 Å². The monoisotopic (exact) mass is 640 g/mol. The van der Waals surface area contributed by atoms with Gasteiger partial charge in [0.15, 0.2) is 11.6 Å². The Labute approximate surface area is 287 Å². The molecule has 0 aliphatic rings. The molecule has 0 saturated heterocycles. The molecule has 0 N–H and O–H groups in total. The van der Waals surface area contributed by atoms with Gasteiger partial charge in [-0.2, -0.15) is 9.97 Å². The lowest BCUT2D eigenvalue weighted by atomic mass is 10.0. The van der Waals surface area contributed by atoms with Crippen molar-refractivity contribution >= 4 is 43.7 Å². The minimum absolute atomic E-state index is 0.549. The number of nitrogens with zero attached hydrogens (tertiary/aromatic N) is 4. The van der Waals surface area contributed by atoms with Gasteiger partial charge in [-0.05, 0) is 52.6 Å². The number of hydrogen-bond acceptors (Lipinski definition) is 4. The first kappa shape index (κ1) is 28.2. The topological polar surface area (TPSA) is 56.7 Å². The van der Waals surface area contributed by atoms with Gasteiger partial charge in [0.05, 0.1) is 16.4 Å². The van der Waals surface area contributed by atoms with Gasteiger partial charge in [0.25, 0.3) is 0 Å². The van der Waals surface area contributed by atoms with Gasteiger partial charge < -0.3 is 4.42 Å². The second-order valence-electron chi connectivity index (χ2n) is 12.5. The molecular formula is C45H28N4O. The molecular weight excluding hydrogens is 613 g/mol. The summed E-state index contributed by atoms with van der Waals surface area (Å²) in [4.78, 5) is 15.4. The molecule has 234 valence electrons. The van der Waals surface area contributed by atoms with E-state index >= 15 is 0 Å². The normalized spacial score (nSPS) is 11.6. The Kier molecular flexibility index (Phi) is 6.42. The molecule has 0 aliphatic heterocycles. The molecule has 7 aromatic carbocycles. The first-order valence-electron chi connectivity index (χ1n) is 16.7. The summed E-state index contributed by atoms with van der Waals surface area (Å²) in [5, 5.41) is 4.30. The van der Waals surface area contributed by atoms with E-state index in [1.807, 2.05) is 42.5 Å². The highest BCUT2D eigenvalue weighted by Gasteiger charge is 2.22. The number of aromatic nitrogens is 4. The summed E-state index contributed by atoms with van der Waals surface area (Å²) in [5.74, 6) is 1.77. The predicted octanol–water partition coefficient (Wildman–Crippen LogP) is 11.5. The molecule has 10 rings (SSSR count). The predicted molar refractivity (Wildman–Crippen MR) is 203 cm³/mol. The average molecular weight is 641 g/mol. The van der Waals surface area contributed by atoms with Crippen LogP contribution in [0.4, 0.5) is 0 Å². The third kappa shape index (κ3) is 4.60. The lowest BCUT2D eigenvalue weighted by Gasteiger charge is -2.12. The van der Waals surface area contributed by atoms with Gasteiger partial charge in [-0.15, -0.1) is 0 Å². The van der Waals surface area contributed by atoms with Crippen LogP contribution in [0.15, 0.2) is 174 Å². The zero-order chi connectivity index (χ0) is 33.0. The molecule has 5 heteroatoms. The van der Waals surface area contributed by atoms with Crippen molar-refractivity contribution < 1.29 is 4.42 Å². The first-order valence-corrected chi connectivity index (χ1v) is 16.7. The second-order valence-corrected chi connectivity index (χ2v) is 12.5. The highest BCUT2D eigenvalue weighted by atomic mass is 16.3. The molecule has 0 unspecified atom stereocenters. The summed E-state index contributed by atoms with van der Waals surface area (Å²) in [6, 6.07) is 58.5. The van der Waals surface area contributed by atoms with Crippen LogP contribution < -0.4 is 0 Å². The van der Waals surface area contributed by atoms with Gasteiger partial charge in [-0.3, -0.25) is 4.57 Å². The maximum Gasteiger partial charge on any atom is 0.238 e. The second kappa shape index (κ2) is 11.4. The van der Waals surface area contributed by atoms with Crippen molar-refractivity contribution in [3.63, 3.8) is 0 Å². The average Bonchev–Trinajstić information content (AvgIpc) is 3.74. The van der Waals surface area contributed by atoms with Crippen molar-refractivity contribution in [2.75, 3.05) is 0 Å². The minimum Gasteiger partial charge on any atom is -0.456 e. The fraction of sp³-hybridized carbons (Fsp3) is 0. The fourth-order valence-corrected chi connectivity index (χ4v) is 7.09. The first-order chi connectivity index (χ1) is 24.8. The molecule has 0 spiro atoms. The van der Waals surface area contributed by atoms with Crippen LogP contribution in [0.25, 0.3) is 94.7 Å². The van der Waals surface area contributed by atoms with Gasteiger partial charge in [-0.25, -0.2) is 4.98 Å². The summed E-state index contributed by atoms with van der Waals surface area (Å²) in [7, 11) is 0. The standard InChI is InChI=1S/C45H28N4O/c1-4-12-29(13-5-1)31-20-22-33(23-21-31)44-46-43(32-16-8-3-9-17-32)47-45(48-44)49-38-19-11-10-18-35(38)36-25-27-40-41(42(36)49)37-28-34(24-26-39(37)50-40)30-14-6-2-7-15-30/h1-28H.